The number of aliphatic hydroxyl groups is 6. The summed E-state index contributed by atoms with van der Waals surface area (Å²) in [5.41, 5.74) is 13.0. The maximum absolute atomic E-state index is 10.4. The SMILES string of the molecule is Nc1nc(SSc2nc(N)nc3c2ncn3[C@@H]2O[C@H](CO)[C@H](O)[C@H]2O)c2ncn([C@@H]3O[C@H](CO)[C@H](O)[C@H]3O)c2n1. The molecule has 6 rings (SSSR count). The van der Waals surface area contributed by atoms with Crippen molar-refractivity contribution in [3.8, 4) is 0 Å². The van der Waals surface area contributed by atoms with Crippen LogP contribution in [0.25, 0.3) is 22.3 Å². The van der Waals surface area contributed by atoms with Gasteiger partial charge in [-0.1, -0.05) is 0 Å². The van der Waals surface area contributed by atoms with E-state index in [9.17, 15) is 30.6 Å². The van der Waals surface area contributed by atoms with Crippen LogP contribution in [0.2, 0.25) is 0 Å². The van der Waals surface area contributed by atoms with Crippen molar-refractivity contribution in [1.82, 2.24) is 39.0 Å². The highest BCUT2D eigenvalue weighted by Crippen LogP contribution is 2.42. The van der Waals surface area contributed by atoms with Crippen LogP contribution < -0.4 is 11.5 Å². The molecule has 0 bridgehead atoms. The number of ether oxygens (including phenoxy) is 2. The number of anilines is 2. The van der Waals surface area contributed by atoms with E-state index in [1.807, 2.05) is 0 Å². The van der Waals surface area contributed by atoms with Gasteiger partial charge in [-0.3, -0.25) is 9.13 Å². The summed E-state index contributed by atoms with van der Waals surface area (Å²) in [6, 6.07) is 0. The highest BCUT2D eigenvalue weighted by atomic mass is 33.1. The second-order valence-corrected chi connectivity index (χ2v) is 11.2. The fraction of sp³-hybridized carbons (Fsp3) is 0.500. The molecule has 0 aliphatic carbocycles. The molecule has 214 valence electrons. The first-order chi connectivity index (χ1) is 19.2. The smallest absolute Gasteiger partial charge is 0.223 e. The van der Waals surface area contributed by atoms with E-state index >= 15 is 0 Å². The average molecular weight is 597 g/mol. The molecule has 0 radical (unpaired) electrons. The molecule has 2 saturated heterocycles. The molecule has 10 N–H and O–H groups in total. The molecular formula is C20H24N10O8S2. The van der Waals surface area contributed by atoms with Crippen LogP contribution in [0.15, 0.2) is 22.7 Å². The largest absolute Gasteiger partial charge is 0.394 e. The summed E-state index contributed by atoms with van der Waals surface area (Å²) in [5, 5.41) is 60.7. The van der Waals surface area contributed by atoms with Gasteiger partial charge in [0.25, 0.3) is 0 Å². The molecule has 0 unspecified atom stereocenters. The van der Waals surface area contributed by atoms with Gasteiger partial charge in [0, 0.05) is 0 Å². The number of aromatic nitrogens is 8. The number of nitrogen functional groups attached to an aromatic ring is 2. The number of nitrogens with zero attached hydrogens (tertiary/aromatic N) is 8. The van der Waals surface area contributed by atoms with Gasteiger partial charge in [-0.25, -0.2) is 19.9 Å². The maximum atomic E-state index is 10.4. The Hall–Kier alpha value is -2.92. The highest BCUT2D eigenvalue weighted by Gasteiger charge is 2.45. The number of nitrogens with two attached hydrogens (primary N) is 2. The lowest BCUT2D eigenvalue weighted by Crippen LogP contribution is -2.33. The van der Waals surface area contributed by atoms with Gasteiger partial charge in [0.05, 0.1) is 25.9 Å². The van der Waals surface area contributed by atoms with Crippen LogP contribution in [0.3, 0.4) is 0 Å². The fourth-order valence-corrected chi connectivity index (χ4v) is 6.64. The van der Waals surface area contributed by atoms with E-state index in [-0.39, 0.29) is 23.2 Å². The zero-order valence-electron chi connectivity index (χ0n) is 20.2. The third-order valence-corrected chi connectivity index (χ3v) is 8.76. The van der Waals surface area contributed by atoms with Crippen LogP contribution in [-0.4, -0.2) is 120 Å². The molecule has 2 fully saturated rings. The quantitative estimate of drug-likeness (QED) is 0.0787. The molecule has 4 aromatic rings. The maximum Gasteiger partial charge on any atom is 0.223 e. The van der Waals surface area contributed by atoms with Gasteiger partial charge in [0.2, 0.25) is 11.9 Å². The number of imidazole rings is 2. The Morgan fingerprint density at radius 1 is 0.675 bits per heavy atom. The van der Waals surface area contributed by atoms with Crippen molar-refractivity contribution in [3.63, 3.8) is 0 Å². The third-order valence-electron chi connectivity index (χ3n) is 6.60. The lowest BCUT2D eigenvalue weighted by atomic mass is 10.1. The van der Waals surface area contributed by atoms with E-state index in [1.165, 1.54) is 21.8 Å². The summed E-state index contributed by atoms with van der Waals surface area (Å²) < 4.78 is 14.0. The minimum Gasteiger partial charge on any atom is -0.394 e. The first kappa shape index (κ1) is 27.3. The van der Waals surface area contributed by atoms with E-state index in [0.29, 0.717) is 21.1 Å². The molecule has 2 aliphatic heterocycles. The Kier molecular flexibility index (Phi) is 7.14. The van der Waals surface area contributed by atoms with E-state index in [0.717, 1.165) is 21.6 Å². The van der Waals surface area contributed by atoms with Gasteiger partial charge in [-0.05, 0) is 21.6 Å². The summed E-state index contributed by atoms with van der Waals surface area (Å²) in [7, 11) is 2.24. The van der Waals surface area contributed by atoms with Crippen LogP contribution in [0.1, 0.15) is 12.5 Å². The lowest BCUT2D eigenvalue weighted by Gasteiger charge is -2.16. The van der Waals surface area contributed by atoms with Gasteiger partial charge < -0.3 is 51.6 Å². The van der Waals surface area contributed by atoms with Gasteiger partial charge in [0.15, 0.2) is 23.8 Å². The summed E-state index contributed by atoms with van der Waals surface area (Å²) in [5.74, 6) is -0.185. The first-order valence-corrected chi connectivity index (χ1v) is 14.0. The molecule has 0 amide bonds. The molecule has 8 atom stereocenters. The number of fused-ring (bicyclic) bond motifs is 2. The van der Waals surface area contributed by atoms with Crippen LogP contribution in [0.4, 0.5) is 11.9 Å². The lowest BCUT2D eigenvalue weighted by molar-refractivity contribution is -0.0511. The summed E-state index contributed by atoms with van der Waals surface area (Å²) in [6.07, 6.45) is -6.71. The van der Waals surface area contributed by atoms with Crippen molar-refractivity contribution < 1.29 is 40.1 Å². The Morgan fingerprint density at radius 2 is 1.07 bits per heavy atom. The standard InChI is InChI=1S/C20H24N10O8S2/c21-19-25-13-7(23-3-29(13)17-11(35)9(33)5(1-31)37-17)15(27-19)39-40-16-8-14(26-20(22)28-16)30(4-24-8)18-12(36)10(34)6(2-32)38-18/h3-6,9-12,17-18,31-36H,1-2H2,(H2,21,25,27)(H2,22,26,28)/t5-,6-,9+,10+,11-,12-,17-,18-/m1/s1. The molecule has 4 aromatic heterocycles. The fourth-order valence-electron chi connectivity index (χ4n) is 4.60. The zero-order chi connectivity index (χ0) is 28.3. The number of hydrogen-bond acceptors (Lipinski definition) is 18. The van der Waals surface area contributed by atoms with E-state index in [4.69, 9.17) is 20.9 Å². The number of rotatable bonds is 7. The topological polar surface area (TPSA) is 279 Å². The molecule has 20 heteroatoms. The monoisotopic (exact) mass is 596 g/mol. The molecule has 2 aliphatic rings. The van der Waals surface area contributed by atoms with Crippen molar-refractivity contribution in [3.05, 3.63) is 12.7 Å². The van der Waals surface area contributed by atoms with Crippen LogP contribution in [-0.2, 0) is 9.47 Å². The molecular weight excluding hydrogens is 572 g/mol. The van der Waals surface area contributed by atoms with Gasteiger partial charge in [-0.2, -0.15) is 9.97 Å². The predicted octanol–water partition coefficient (Wildman–Crippen LogP) is -2.85. The highest BCUT2D eigenvalue weighted by molar-refractivity contribution is 8.76. The minimum absolute atomic E-state index is 0.0925. The van der Waals surface area contributed by atoms with Crippen molar-refractivity contribution in [2.45, 2.75) is 59.1 Å². The normalized spacial score (nSPS) is 30.6. The molecule has 0 aromatic carbocycles. The van der Waals surface area contributed by atoms with Crippen molar-refractivity contribution in [1.29, 1.82) is 0 Å². The zero-order valence-corrected chi connectivity index (χ0v) is 21.9. The second-order valence-electron chi connectivity index (χ2n) is 9.05. The van der Waals surface area contributed by atoms with Crippen LogP contribution in [0, 0.1) is 0 Å². The van der Waals surface area contributed by atoms with Crippen molar-refractivity contribution in [2.75, 3.05) is 24.7 Å². The van der Waals surface area contributed by atoms with Crippen molar-refractivity contribution in [2.24, 2.45) is 0 Å². The van der Waals surface area contributed by atoms with Crippen molar-refractivity contribution >= 4 is 55.8 Å². The molecule has 0 spiro atoms. The van der Waals surface area contributed by atoms with E-state index in [1.54, 1.807) is 0 Å². The van der Waals surface area contributed by atoms with E-state index < -0.39 is 62.3 Å². The van der Waals surface area contributed by atoms with Gasteiger partial charge >= 0.3 is 0 Å². The Bertz CT molecular complexity index is 1440. The Balaban J connectivity index is 1.30. The summed E-state index contributed by atoms with van der Waals surface area (Å²) >= 11 is 0. The van der Waals surface area contributed by atoms with Gasteiger partial charge in [0.1, 0.15) is 57.7 Å². The number of aliphatic hydroxyl groups excluding tert-OH is 6. The Morgan fingerprint density at radius 3 is 1.43 bits per heavy atom. The Labute approximate surface area is 231 Å². The summed E-state index contributed by atoms with van der Waals surface area (Å²) in [6.45, 7) is -0.978. The summed E-state index contributed by atoms with van der Waals surface area (Å²) in [4.78, 5) is 25.6. The molecule has 0 saturated carbocycles. The average Bonchev–Trinajstić information content (AvgIpc) is 3.68. The molecule has 6 heterocycles. The predicted molar refractivity (Wildman–Crippen MR) is 137 cm³/mol. The minimum atomic E-state index is -1.35. The molecule has 40 heavy (non-hydrogen) atoms. The third kappa shape index (κ3) is 4.41. The second kappa shape index (κ2) is 10.5. The van der Waals surface area contributed by atoms with Gasteiger partial charge in [-0.15, -0.1) is 0 Å². The molecule has 18 nitrogen and oxygen atoms in total. The first-order valence-electron chi connectivity index (χ1n) is 11.8. The number of hydrogen-bond donors (Lipinski definition) is 8. The van der Waals surface area contributed by atoms with Crippen LogP contribution in [0.5, 0.6) is 0 Å². The van der Waals surface area contributed by atoms with E-state index in [2.05, 4.69) is 29.9 Å². The van der Waals surface area contributed by atoms with Crippen LogP contribution >= 0.6 is 21.6 Å².